The minimum atomic E-state index is -1.64. The Morgan fingerprint density at radius 3 is 2.69 bits per heavy atom. The fraction of sp³-hybridized carbons (Fsp3) is 0.333. The third-order valence-electron chi connectivity index (χ3n) is 5.96. The summed E-state index contributed by atoms with van der Waals surface area (Å²) in [6.45, 7) is 6.81. The molecular formula is C27H28FN7O. The van der Waals surface area contributed by atoms with E-state index in [1.165, 1.54) is 36.5 Å². The molecular weight excluding hydrogens is 457 g/mol. The standard InChI is InChI=1S/C27H28FN7O/c1-27(2,3)15-31-24-17(12-29)13-30-26-21(24)10-19(11-23(26)36)32-25(16-4-6-18(28)7-5-16)22-14-35(34-33-22)20-8-9-20/h4-7,10-11,13-14,20,25,32,36H,8-9,15H2,1-3H3,(H,30,31)/t25-/m0/s1/i25D. The van der Waals surface area contributed by atoms with Crippen molar-refractivity contribution >= 4 is 22.3 Å². The van der Waals surface area contributed by atoms with Crippen molar-refractivity contribution in [2.24, 2.45) is 5.41 Å². The summed E-state index contributed by atoms with van der Waals surface area (Å²) in [5, 5.41) is 36.1. The molecule has 1 saturated carbocycles. The maximum atomic E-state index is 13.7. The van der Waals surface area contributed by atoms with Crippen molar-refractivity contribution in [3.63, 3.8) is 0 Å². The first-order chi connectivity index (χ1) is 17.6. The van der Waals surface area contributed by atoms with Crippen molar-refractivity contribution < 1.29 is 10.9 Å². The second-order valence-electron chi connectivity index (χ2n) is 10.3. The van der Waals surface area contributed by atoms with Gasteiger partial charge in [0.2, 0.25) is 0 Å². The van der Waals surface area contributed by atoms with Crippen LogP contribution < -0.4 is 10.6 Å². The summed E-state index contributed by atoms with van der Waals surface area (Å²) >= 11 is 0. The summed E-state index contributed by atoms with van der Waals surface area (Å²) < 4.78 is 24.9. The smallest absolute Gasteiger partial charge is 0.143 e. The Morgan fingerprint density at radius 1 is 1.28 bits per heavy atom. The summed E-state index contributed by atoms with van der Waals surface area (Å²) in [6, 6.07) is 9.66. The van der Waals surface area contributed by atoms with Crippen LogP contribution in [-0.2, 0) is 0 Å². The highest BCUT2D eigenvalue weighted by atomic mass is 19.1. The van der Waals surface area contributed by atoms with E-state index in [9.17, 15) is 16.1 Å². The van der Waals surface area contributed by atoms with Gasteiger partial charge in [0.1, 0.15) is 28.8 Å². The SMILES string of the molecule is [2H][C@](Nc1cc(O)c2ncc(C#N)c(NCC(C)(C)C)c2c1)(c1ccc(F)cc1)c1cn(C2CC2)nn1. The molecule has 2 aromatic carbocycles. The number of rotatable bonds is 7. The highest BCUT2D eigenvalue weighted by Gasteiger charge is 2.27. The molecule has 5 rings (SSSR count). The van der Waals surface area contributed by atoms with E-state index in [4.69, 9.17) is 0 Å². The third-order valence-corrected chi connectivity index (χ3v) is 5.96. The summed E-state index contributed by atoms with van der Waals surface area (Å²) in [7, 11) is 0. The van der Waals surface area contributed by atoms with Crippen LogP contribution >= 0.6 is 0 Å². The van der Waals surface area contributed by atoms with Gasteiger partial charge in [-0.05, 0) is 42.0 Å². The largest absolute Gasteiger partial charge is 0.506 e. The van der Waals surface area contributed by atoms with E-state index in [2.05, 4.69) is 52.8 Å². The lowest BCUT2D eigenvalue weighted by Gasteiger charge is -2.22. The lowest BCUT2D eigenvalue weighted by Crippen LogP contribution is -2.19. The second kappa shape index (κ2) is 9.11. The Hall–Kier alpha value is -4.19. The molecule has 1 atom stereocenters. The number of hydrogen-bond acceptors (Lipinski definition) is 7. The monoisotopic (exact) mass is 486 g/mol. The summed E-state index contributed by atoms with van der Waals surface area (Å²) in [6.07, 6.45) is 5.18. The number of nitriles is 1. The van der Waals surface area contributed by atoms with Gasteiger partial charge in [-0.3, -0.25) is 4.98 Å². The predicted molar refractivity (Wildman–Crippen MR) is 136 cm³/mol. The first-order valence-corrected chi connectivity index (χ1v) is 11.8. The van der Waals surface area contributed by atoms with Crippen LogP contribution in [0.1, 0.15) is 63.9 Å². The lowest BCUT2D eigenvalue weighted by atomic mass is 9.96. The molecule has 184 valence electrons. The number of anilines is 2. The van der Waals surface area contributed by atoms with Crippen LogP contribution in [0.25, 0.3) is 10.9 Å². The lowest BCUT2D eigenvalue weighted by molar-refractivity contribution is 0.443. The molecule has 9 heteroatoms. The van der Waals surface area contributed by atoms with Crippen LogP contribution in [0.3, 0.4) is 0 Å². The Bertz CT molecular complexity index is 1500. The van der Waals surface area contributed by atoms with Gasteiger partial charge in [-0.1, -0.05) is 38.1 Å². The van der Waals surface area contributed by atoms with Gasteiger partial charge in [0.25, 0.3) is 0 Å². The molecule has 4 aromatic rings. The second-order valence-corrected chi connectivity index (χ2v) is 10.3. The molecule has 0 saturated heterocycles. The molecule has 0 spiro atoms. The van der Waals surface area contributed by atoms with Crippen molar-refractivity contribution in [3.05, 3.63) is 71.4 Å². The molecule has 1 aliphatic rings. The number of halogens is 1. The molecule has 3 N–H and O–H groups in total. The van der Waals surface area contributed by atoms with Crippen LogP contribution in [0.15, 0.2) is 48.8 Å². The Morgan fingerprint density at radius 2 is 2.03 bits per heavy atom. The number of nitrogens with zero attached hydrogens (tertiary/aromatic N) is 5. The number of aromatic nitrogens is 4. The number of nitrogens with one attached hydrogen (secondary N) is 2. The molecule has 0 amide bonds. The van der Waals surface area contributed by atoms with Gasteiger partial charge < -0.3 is 15.7 Å². The molecule has 36 heavy (non-hydrogen) atoms. The zero-order valence-corrected chi connectivity index (χ0v) is 20.4. The average molecular weight is 487 g/mol. The van der Waals surface area contributed by atoms with Gasteiger partial charge in [0.15, 0.2) is 0 Å². The highest BCUT2D eigenvalue weighted by Crippen LogP contribution is 2.38. The molecule has 2 heterocycles. The van der Waals surface area contributed by atoms with E-state index >= 15 is 0 Å². The predicted octanol–water partition coefficient (Wildman–Crippen LogP) is 5.54. The van der Waals surface area contributed by atoms with Gasteiger partial charge >= 0.3 is 0 Å². The van der Waals surface area contributed by atoms with Crippen LogP contribution in [0.2, 0.25) is 0 Å². The normalized spacial score (nSPS) is 15.7. The first kappa shape index (κ1) is 22.3. The summed E-state index contributed by atoms with van der Waals surface area (Å²) in [5.74, 6) is -0.521. The third kappa shape index (κ3) is 4.93. The van der Waals surface area contributed by atoms with E-state index in [0.29, 0.717) is 45.6 Å². The van der Waals surface area contributed by atoms with Crippen LogP contribution in [0.5, 0.6) is 5.75 Å². The molecule has 1 fully saturated rings. The van der Waals surface area contributed by atoms with Crippen molar-refractivity contribution in [1.82, 2.24) is 20.0 Å². The van der Waals surface area contributed by atoms with Gasteiger partial charge in [-0.25, -0.2) is 9.07 Å². The number of pyridine rings is 1. The number of phenols is 1. The maximum absolute atomic E-state index is 13.7. The molecule has 0 radical (unpaired) electrons. The van der Waals surface area contributed by atoms with E-state index in [1.807, 2.05) is 0 Å². The molecule has 0 unspecified atom stereocenters. The van der Waals surface area contributed by atoms with Crippen molar-refractivity contribution in [2.45, 2.75) is 45.7 Å². The minimum Gasteiger partial charge on any atom is -0.506 e. The molecule has 2 aromatic heterocycles. The van der Waals surface area contributed by atoms with E-state index in [-0.39, 0.29) is 17.2 Å². The highest BCUT2D eigenvalue weighted by molar-refractivity contribution is 5.99. The Balaban J connectivity index is 1.62. The van der Waals surface area contributed by atoms with Gasteiger partial charge in [-0.15, -0.1) is 5.10 Å². The summed E-state index contributed by atoms with van der Waals surface area (Å²) in [5.41, 5.74) is 2.35. The van der Waals surface area contributed by atoms with E-state index in [0.717, 1.165) is 12.8 Å². The quantitative estimate of drug-likeness (QED) is 0.315. The van der Waals surface area contributed by atoms with Crippen molar-refractivity contribution in [1.29, 1.82) is 5.26 Å². The topological polar surface area (TPSA) is 112 Å². The average Bonchev–Trinajstić information content (AvgIpc) is 3.58. The summed E-state index contributed by atoms with van der Waals surface area (Å²) in [4.78, 5) is 4.30. The molecule has 1 aliphatic carbocycles. The number of aromatic hydroxyl groups is 1. The van der Waals surface area contributed by atoms with Crippen molar-refractivity contribution in [2.75, 3.05) is 17.2 Å². The van der Waals surface area contributed by atoms with Crippen LogP contribution in [0.4, 0.5) is 15.8 Å². The van der Waals surface area contributed by atoms with E-state index in [1.54, 1.807) is 16.9 Å². The van der Waals surface area contributed by atoms with Crippen molar-refractivity contribution in [3.8, 4) is 11.8 Å². The zero-order chi connectivity index (χ0) is 26.4. The van der Waals surface area contributed by atoms with Gasteiger partial charge in [0.05, 0.1) is 30.9 Å². The number of benzene rings is 2. The maximum Gasteiger partial charge on any atom is 0.143 e. The fourth-order valence-corrected chi connectivity index (χ4v) is 3.94. The van der Waals surface area contributed by atoms with Crippen LogP contribution in [0, 0.1) is 22.6 Å². The first-order valence-electron chi connectivity index (χ1n) is 12.3. The number of phenolic OH excluding ortho intramolecular Hbond substituents is 1. The van der Waals surface area contributed by atoms with Gasteiger partial charge in [-0.2, -0.15) is 5.26 Å². The van der Waals surface area contributed by atoms with Gasteiger partial charge in [0, 0.05) is 29.9 Å². The Kier molecular flexibility index (Phi) is 5.64. The molecule has 8 nitrogen and oxygen atoms in total. The fourth-order valence-electron chi connectivity index (χ4n) is 3.94. The number of fused-ring (bicyclic) bond motifs is 1. The molecule has 0 aliphatic heterocycles. The Labute approximate surface area is 210 Å². The number of hydrogen-bond donors (Lipinski definition) is 3. The minimum absolute atomic E-state index is 0.0630. The van der Waals surface area contributed by atoms with Crippen LogP contribution in [-0.4, -0.2) is 31.6 Å². The van der Waals surface area contributed by atoms with E-state index < -0.39 is 11.8 Å². The zero-order valence-electron chi connectivity index (χ0n) is 21.4. The molecule has 0 bridgehead atoms.